The first-order valence-corrected chi connectivity index (χ1v) is 12.4. The fourth-order valence-corrected chi connectivity index (χ4v) is 4.22. The third-order valence-corrected chi connectivity index (χ3v) is 6.00. The van der Waals surface area contributed by atoms with Crippen LogP contribution in [0.25, 0.3) is 22.4 Å². The highest BCUT2D eigenvalue weighted by Crippen LogP contribution is 2.39. The maximum atomic E-state index is 14.0. The van der Waals surface area contributed by atoms with E-state index < -0.39 is 29.3 Å². The van der Waals surface area contributed by atoms with E-state index in [1.165, 1.54) is 25.7 Å². The Balaban J connectivity index is 0.00000134. The largest absolute Gasteiger partial charge is 0.453 e. The molecular weight excluding hydrogens is 518 g/mol. The minimum Gasteiger partial charge on any atom is -0.453 e. The Morgan fingerprint density at radius 2 is 1.82 bits per heavy atom. The van der Waals surface area contributed by atoms with Gasteiger partial charge in [-0.2, -0.15) is 13.2 Å². The zero-order valence-corrected chi connectivity index (χ0v) is 21.9. The van der Waals surface area contributed by atoms with Gasteiger partial charge in [0.05, 0.1) is 36.3 Å². The van der Waals surface area contributed by atoms with Gasteiger partial charge in [-0.25, -0.2) is 14.2 Å². The molecule has 210 valence electrons. The molecule has 2 aromatic carbocycles. The highest BCUT2D eigenvalue weighted by Gasteiger charge is 2.35. The molecule has 0 radical (unpaired) electrons. The van der Waals surface area contributed by atoms with Crippen molar-refractivity contribution in [3.63, 3.8) is 0 Å². The van der Waals surface area contributed by atoms with Crippen molar-refractivity contribution in [2.45, 2.75) is 45.3 Å². The number of halogens is 4. The second-order valence-corrected chi connectivity index (χ2v) is 8.97. The van der Waals surface area contributed by atoms with Crippen LogP contribution in [0.1, 0.15) is 50.5 Å². The van der Waals surface area contributed by atoms with Crippen LogP contribution in [0.2, 0.25) is 0 Å². The quantitative estimate of drug-likeness (QED) is 0.270. The van der Waals surface area contributed by atoms with Gasteiger partial charge < -0.3 is 25.7 Å². The van der Waals surface area contributed by atoms with Crippen LogP contribution in [-0.2, 0) is 15.7 Å². The summed E-state index contributed by atoms with van der Waals surface area (Å²) < 4.78 is 58.9. The van der Waals surface area contributed by atoms with Gasteiger partial charge in [-0.3, -0.25) is 4.79 Å². The Bertz CT molecular complexity index is 1290. The van der Waals surface area contributed by atoms with Gasteiger partial charge in [-0.15, -0.1) is 0 Å². The summed E-state index contributed by atoms with van der Waals surface area (Å²) in [5.41, 5.74) is 4.86. The molecule has 0 bridgehead atoms. The number of nitrogen functional groups attached to an aromatic ring is 1. The fourth-order valence-electron chi connectivity index (χ4n) is 4.22. The van der Waals surface area contributed by atoms with Crippen molar-refractivity contribution >= 4 is 17.7 Å². The Morgan fingerprint density at radius 3 is 2.44 bits per heavy atom. The average molecular weight is 550 g/mol. The summed E-state index contributed by atoms with van der Waals surface area (Å²) in [4.78, 5) is 33.0. The lowest BCUT2D eigenvalue weighted by Crippen LogP contribution is -2.40. The molecule has 39 heavy (non-hydrogen) atoms. The number of rotatable bonds is 5. The molecule has 0 saturated carbocycles. The summed E-state index contributed by atoms with van der Waals surface area (Å²) in [7, 11) is 1.21. The topological polar surface area (TPSA) is 113 Å². The van der Waals surface area contributed by atoms with E-state index in [1.54, 1.807) is 23.2 Å². The number of hydrogen-bond acceptors (Lipinski definition) is 5. The zero-order chi connectivity index (χ0) is 28.7. The summed E-state index contributed by atoms with van der Waals surface area (Å²) in [6.07, 6.45) is -1.14. The van der Waals surface area contributed by atoms with Crippen molar-refractivity contribution in [2.24, 2.45) is 0 Å². The molecule has 12 heteroatoms. The number of carbonyl (C=O) groups excluding carboxylic acids is 2. The molecule has 0 aliphatic carbocycles. The lowest BCUT2D eigenvalue weighted by Gasteiger charge is -2.23. The van der Waals surface area contributed by atoms with Crippen molar-refractivity contribution in [3.8, 4) is 22.4 Å². The summed E-state index contributed by atoms with van der Waals surface area (Å²) in [5.74, 6) is -0.655. The standard InChI is InChI=1S/C24H23F4N5O3.C3H8/c1-36-23(35)31-12-21(34)33-8-2-3-20(33)22-30-11-19(32-22)14-6-4-13(5-7-14)15-9-17(25)18(29)10-16(15)24(26,27)28;1-3-2/h4-7,9-11,20H,2-3,8,12,29H2,1H3,(H,30,32)(H,31,35);3H2,1-2H3. The van der Waals surface area contributed by atoms with Gasteiger partial charge in [0.25, 0.3) is 0 Å². The number of benzene rings is 2. The first kappa shape index (κ1) is 29.5. The number of amides is 2. The van der Waals surface area contributed by atoms with Crippen LogP contribution >= 0.6 is 0 Å². The molecule has 2 amide bonds. The molecule has 1 unspecified atom stereocenters. The van der Waals surface area contributed by atoms with Crippen molar-refractivity contribution < 1.29 is 31.9 Å². The summed E-state index contributed by atoms with van der Waals surface area (Å²) in [6.45, 7) is 4.56. The van der Waals surface area contributed by atoms with E-state index >= 15 is 0 Å². The number of H-pyrrole nitrogens is 1. The Hall–Kier alpha value is -4.09. The monoisotopic (exact) mass is 549 g/mol. The number of nitrogens with two attached hydrogens (primary N) is 1. The Morgan fingerprint density at radius 1 is 1.18 bits per heavy atom. The van der Waals surface area contributed by atoms with E-state index in [9.17, 15) is 27.2 Å². The number of imidazole rings is 1. The highest BCUT2D eigenvalue weighted by atomic mass is 19.4. The summed E-state index contributed by atoms with van der Waals surface area (Å²) in [5, 5.41) is 2.37. The lowest BCUT2D eigenvalue weighted by molar-refractivity contribution is -0.137. The second kappa shape index (κ2) is 12.6. The van der Waals surface area contributed by atoms with Gasteiger partial charge in [-0.05, 0) is 41.7 Å². The third-order valence-electron chi connectivity index (χ3n) is 6.00. The molecule has 0 spiro atoms. The van der Waals surface area contributed by atoms with Crippen LogP contribution < -0.4 is 11.1 Å². The van der Waals surface area contributed by atoms with Crippen LogP contribution in [0.15, 0.2) is 42.6 Å². The molecule has 2 heterocycles. The number of hydrogen-bond donors (Lipinski definition) is 3. The molecule has 1 fully saturated rings. The maximum absolute atomic E-state index is 14.0. The molecule has 1 saturated heterocycles. The first-order chi connectivity index (χ1) is 18.5. The van der Waals surface area contributed by atoms with Gasteiger partial charge in [0, 0.05) is 6.54 Å². The van der Waals surface area contributed by atoms with E-state index in [1.807, 2.05) is 0 Å². The van der Waals surface area contributed by atoms with Gasteiger partial charge in [0.1, 0.15) is 18.2 Å². The fraction of sp³-hybridized carbons (Fsp3) is 0.370. The molecule has 1 aliphatic rings. The van der Waals surface area contributed by atoms with Crippen LogP contribution in [0.5, 0.6) is 0 Å². The van der Waals surface area contributed by atoms with Crippen molar-refractivity contribution in [1.82, 2.24) is 20.2 Å². The molecular formula is C27H31F4N5O3. The molecule has 8 nitrogen and oxygen atoms in total. The van der Waals surface area contributed by atoms with E-state index in [0.29, 0.717) is 36.1 Å². The predicted octanol–water partition coefficient (Wildman–Crippen LogP) is 5.92. The maximum Gasteiger partial charge on any atom is 0.417 e. The average Bonchev–Trinajstić information content (AvgIpc) is 3.58. The second-order valence-electron chi connectivity index (χ2n) is 8.97. The number of nitrogens with zero attached hydrogens (tertiary/aromatic N) is 2. The molecule has 4 N–H and O–H groups in total. The highest BCUT2D eigenvalue weighted by molar-refractivity contribution is 5.82. The van der Waals surface area contributed by atoms with Gasteiger partial charge in [0.2, 0.25) is 5.91 Å². The third kappa shape index (κ3) is 7.06. The van der Waals surface area contributed by atoms with Crippen LogP contribution in [0.4, 0.5) is 28.0 Å². The van der Waals surface area contributed by atoms with Crippen molar-refractivity contribution in [3.05, 3.63) is 59.8 Å². The SMILES string of the molecule is CCC.COC(=O)NCC(=O)N1CCCC1c1ncc(-c2ccc(-c3cc(F)c(N)cc3C(F)(F)F)cc2)[nH]1. The zero-order valence-electron chi connectivity index (χ0n) is 21.9. The smallest absolute Gasteiger partial charge is 0.417 e. The van der Waals surface area contributed by atoms with Crippen LogP contribution in [0.3, 0.4) is 0 Å². The lowest BCUT2D eigenvalue weighted by atomic mass is 9.97. The molecule has 1 aromatic heterocycles. The summed E-state index contributed by atoms with van der Waals surface area (Å²) in [6, 6.07) is 7.17. The molecule has 4 rings (SSSR count). The number of nitrogens with one attached hydrogen (secondary N) is 2. The van der Waals surface area contributed by atoms with Gasteiger partial charge in [-0.1, -0.05) is 44.5 Å². The number of ether oxygens (including phenoxy) is 1. The predicted molar refractivity (Wildman–Crippen MR) is 139 cm³/mol. The number of aromatic nitrogens is 2. The number of alkyl carbamates (subject to hydrolysis) is 1. The van der Waals surface area contributed by atoms with Gasteiger partial charge in [0.15, 0.2) is 0 Å². The van der Waals surface area contributed by atoms with Crippen molar-refractivity contribution in [1.29, 1.82) is 0 Å². The Labute approximate surface area is 223 Å². The van der Waals surface area contributed by atoms with E-state index in [2.05, 4.69) is 33.9 Å². The van der Waals surface area contributed by atoms with Crippen LogP contribution in [0, 0.1) is 5.82 Å². The van der Waals surface area contributed by atoms with Crippen LogP contribution in [-0.4, -0.2) is 47.1 Å². The number of aromatic amines is 1. The number of likely N-dealkylation sites (tertiary alicyclic amines) is 1. The number of methoxy groups -OCH3 is 1. The normalized spacial score (nSPS) is 14.9. The van der Waals surface area contributed by atoms with E-state index in [0.717, 1.165) is 12.5 Å². The van der Waals surface area contributed by atoms with Crippen molar-refractivity contribution in [2.75, 3.05) is 25.9 Å². The Kier molecular flexibility index (Phi) is 9.55. The number of anilines is 1. The molecule has 3 aromatic rings. The minimum atomic E-state index is -4.70. The number of carbonyl (C=O) groups is 2. The molecule has 1 atom stereocenters. The minimum absolute atomic E-state index is 0.176. The molecule has 1 aliphatic heterocycles. The number of alkyl halides is 3. The van der Waals surface area contributed by atoms with Gasteiger partial charge >= 0.3 is 12.3 Å². The first-order valence-electron chi connectivity index (χ1n) is 12.4. The van der Waals surface area contributed by atoms with E-state index in [4.69, 9.17) is 5.73 Å². The summed E-state index contributed by atoms with van der Waals surface area (Å²) >= 11 is 0. The van der Waals surface area contributed by atoms with E-state index in [-0.39, 0.29) is 29.6 Å².